The minimum Gasteiger partial charge on any atom is -0.443 e. The fourth-order valence-corrected chi connectivity index (χ4v) is 3.93. The Morgan fingerprint density at radius 1 is 1.17 bits per heavy atom. The van der Waals surface area contributed by atoms with Crippen LogP contribution in [0.5, 0.6) is 0 Å². The Kier molecular flexibility index (Phi) is 6.91. The maximum absolute atomic E-state index is 12.8. The summed E-state index contributed by atoms with van der Waals surface area (Å²) < 4.78 is 5.64. The number of likely N-dealkylation sites (tertiary alicyclic amines) is 1. The average Bonchev–Trinajstić information content (AvgIpc) is 2.69. The number of rotatable bonds is 5. The molecule has 29 heavy (non-hydrogen) atoms. The quantitative estimate of drug-likeness (QED) is 0.664. The first-order valence-electron chi connectivity index (χ1n) is 10.6. The van der Waals surface area contributed by atoms with Gasteiger partial charge in [0.1, 0.15) is 11.4 Å². The predicted octanol–water partition coefficient (Wildman–Crippen LogP) is 5.57. The number of carbonyl (C=O) groups is 1. The molecule has 5 heteroatoms. The lowest BCUT2D eigenvalue weighted by atomic mass is 9.94. The fourth-order valence-electron chi connectivity index (χ4n) is 3.93. The number of ether oxygens (including phenoxy) is 1. The van der Waals surface area contributed by atoms with Crippen molar-refractivity contribution in [1.82, 2.24) is 9.88 Å². The highest BCUT2D eigenvalue weighted by Crippen LogP contribution is 2.36. The smallest absolute Gasteiger partial charge is 0.415 e. The summed E-state index contributed by atoms with van der Waals surface area (Å²) in [6, 6.07) is 14.9. The van der Waals surface area contributed by atoms with Gasteiger partial charge in [0.2, 0.25) is 0 Å². The zero-order valence-electron chi connectivity index (χ0n) is 18.1. The molecule has 1 aromatic heterocycles. The highest BCUT2D eigenvalue weighted by Gasteiger charge is 2.30. The molecule has 0 spiro atoms. The number of hydrogen-bond donors (Lipinski definition) is 0. The van der Waals surface area contributed by atoms with Gasteiger partial charge in [0.25, 0.3) is 0 Å². The van der Waals surface area contributed by atoms with E-state index in [1.807, 2.05) is 33.8 Å². The average molecular weight is 396 g/mol. The molecule has 0 saturated carbocycles. The highest BCUT2D eigenvalue weighted by atomic mass is 16.6. The molecule has 1 saturated heterocycles. The highest BCUT2D eigenvalue weighted by molar-refractivity contribution is 5.87. The number of anilines is 1. The van der Waals surface area contributed by atoms with Crippen LogP contribution in [0.1, 0.15) is 64.1 Å². The molecule has 1 aliphatic rings. The van der Waals surface area contributed by atoms with Crippen molar-refractivity contribution in [3.8, 4) is 0 Å². The Morgan fingerprint density at radius 2 is 1.93 bits per heavy atom. The Bertz CT molecular complexity index is 801. The van der Waals surface area contributed by atoms with Crippen LogP contribution in [0.25, 0.3) is 0 Å². The van der Waals surface area contributed by atoms with Crippen LogP contribution < -0.4 is 4.90 Å². The molecule has 1 fully saturated rings. The van der Waals surface area contributed by atoms with Gasteiger partial charge in [0.05, 0.1) is 0 Å². The Morgan fingerprint density at radius 3 is 2.62 bits per heavy atom. The summed E-state index contributed by atoms with van der Waals surface area (Å²) in [5.74, 6) is 0.717. The van der Waals surface area contributed by atoms with E-state index in [1.54, 1.807) is 11.1 Å². The Hall–Kier alpha value is -2.40. The van der Waals surface area contributed by atoms with E-state index >= 15 is 0 Å². The van der Waals surface area contributed by atoms with Crippen LogP contribution in [0.4, 0.5) is 10.6 Å². The van der Waals surface area contributed by atoms with Gasteiger partial charge in [0.15, 0.2) is 0 Å². The molecular weight excluding hydrogens is 362 g/mol. The molecule has 1 aliphatic heterocycles. The van der Waals surface area contributed by atoms with Crippen molar-refractivity contribution in [2.75, 3.05) is 18.0 Å². The minimum atomic E-state index is -0.538. The molecule has 3 rings (SSSR count). The molecule has 0 radical (unpaired) electrons. The Balaban J connectivity index is 1.90. The standard InChI is InChI=1S/C24H33N3O2/c1-5-27(23(28)29-24(2,3)4)22-20(14-11-16-25-22)21-15-9-10-17-26(21)18-19-12-7-6-8-13-19/h6-8,11-14,16,21H,5,9-10,15,17-18H2,1-4H3/t21-/m1/s1. The van der Waals surface area contributed by atoms with Gasteiger partial charge in [-0.1, -0.05) is 42.8 Å². The van der Waals surface area contributed by atoms with Crippen LogP contribution >= 0.6 is 0 Å². The first kappa shape index (κ1) is 21.3. The second kappa shape index (κ2) is 9.40. The molecular formula is C24H33N3O2. The van der Waals surface area contributed by atoms with Crippen LogP contribution in [0.15, 0.2) is 48.7 Å². The molecule has 5 nitrogen and oxygen atoms in total. The van der Waals surface area contributed by atoms with Crippen molar-refractivity contribution in [3.05, 3.63) is 59.8 Å². The first-order valence-corrected chi connectivity index (χ1v) is 10.6. The molecule has 1 aromatic carbocycles. The molecule has 0 N–H and O–H groups in total. The summed E-state index contributed by atoms with van der Waals surface area (Å²) in [4.78, 5) is 21.6. The second-order valence-electron chi connectivity index (χ2n) is 8.61. The SMILES string of the molecule is CCN(C(=O)OC(C)(C)C)c1ncccc1[C@H]1CCCCN1Cc1ccccc1. The van der Waals surface area contributed by atoms with E-state index in [4.69, 9.17) is 4.74 Å². The van der Waals surface area contributed by atoms with Gasteiger partial charge in [-0.3, -0.25) is 9.80 Å². The molecule has 0 aliphatic carbocycles. The summed E-state index contributed by atoms with van der Waals surface area (Å²) in [6.07, 6.45) is 4.87. The second-order valence-corrected chi connectivity index (χ2v) is 8.61. The van der Waals surface area contributed by atoms with Crippen molar-refractivity contribution in [1.29, 1.82) is 0 Å². The van der Waals surface area contributed by atoms with E-state index in [0.29, 0.717) is 12.4 Å². The molecule has 1 atom stereocenters. The summed E-state index contributed by atoms with van der Waals surface area (Å²) in [5.41, 5.74) is 1.88. The van der Waals surface area contributed by atoms with Crippen molar-refractivity contribution < 1.29 is 9.53 Å². The zero-order chi connectivity index (χ0) is 20.9. The molecule has 2 heterocycles. The van der Waals surface area contributed by atoms with Gasteiger partial charge in [-0.25, -0.2) is 9.78 Å². The number of piperidine rings is 1. The van der Waals surface area contributed by atoms with Gasteiger partial charge in [-0.15, -0.1) is 0 Å². The predicted molar refractivity (Wildman–Crippen MR) is 117 cm³/mol. The van der Waals surface area contributed by atoms with Crippen LogP contribution in [-0.4, -0.2) is 34.7 Å². The maximum atomic E-state index is 12.8. The lowest BCUT2D eigenvalue weighted by Crippen LogP contribution is -2.39. The van der Waals surface area contributed by atoms with Gasteiger partial charge in [0, 0.05) is 30.9 Å². The van der Waals surface area contributed by atoms with Gasteiger partial charge in [-0.05, 0) is 58.7 Å². The third kappa shape index (κ3) is 5.57. The minimum absolute atomic E-state index is 0.240. The van der Waals surface area contributed by atoms with Crippen molar-refractivity contribution in [2.45, 2.75) is 65.1 Å². The number of hydrogen-bond acceptors (Lipinski definition) is 4. The molecule has 1 amide bonds. The summed E-state index contributed by atoms with van der Waals surface area (Å²) in [6.45, 7) is 10.1. The number of benzene rings is 1. The topological polar surface area (TPSA) is 45.7 Å². The van der Waals surface area contributed by atoms with Crippen LogP contribution in [0.3, 0.4) is 0 Å². The summed E-state index contributed by atoms with van der Waals surface area (Å²) >= 11 is 0. The van der Waals surface area contributed by atoms with Crippen molar-refractivity contribution in [2.24, 2.45) is 0 Å². The summed E-state index contributed by atoms with van der Waals surface area (Å²) in [5, 5.41) is 0. The molecule has 0 unspecified atom stereocenters. The zero-order valence-corrected chi connectivity index (χ0v) is 18.1. The lowest BCUT2D eigenvalue weighted by Gasteiger charge is -2.37. The molecule has 156 valence electrons. The van der Waals surface area contributed by atoms with Crippen molar-refractivity contribution >= 4 is 11.9 Å². The third-order valence-corrected chi connectivity index (χ3v) is 5.20. The largest absolute Gasteiger partial charge is 0.443 e. The van der Waals surface area contributed by atoms with E-state index in [0.717, 1.165) is 25.1 Å². The Labute approximate surface area is 174 Å². The monoisotopic (exact) mass is 395 g/mol. The third-order valence-electron chi connectivity index (χ3n) is 5.20. The van der Waals surface area contributed by atoms with E-state index < -0.39 is 5.60 Å². The van der Waals surface area contributed by atoms with Gasteiger partial charge in [-0.2, -0.15) is 0 Å². The van der Waals surface area contributed by atoms with E-state index in [2.05, 4.69) is 46.3 Å². The van der Waals surface area contributed by atoms with Crippen LogP contribution in [-0.2, 0) is 11.3 Å². The number of aromatic nitrogens is 1. The maximum Gasteiger partial charge on any atom is 0.415 e. The number of nitrogens with zero attached hydrogens (tertiary/aromatic N) is 3. The van der Waals surface area contributed by atoms with E-state index in [1.165, 1.54) is 18.4 Å². The summed E-state index contributed by atoms with van der Waals surface area (Å²) in [7, 11) is 0. The van der Waals surface area contributed by atoms with Crippen LogP contribution in [0, 0.1) is 0 Å². The van der Waals surface area contributed by atoms with Crippen LogP contribution in [0.2, 0.25) is 0 Å². The normalized spacial score (nSPS) is 17.7. The molecule has 0 bridgehead atoms. The fraction of sp³-hybridized carbons (Fsp3) is 0.500. The number of carbonyl (C=O) groups excluding carboxylic acids is 1. The number of amides is 1. The number of pyridine rings is 1. The van der Waals surface area contributed by atoms with Gasteiger partial charge < -0.3 is 4.74 Å². The molecule has 2 aromatic rings. The van der Waals surface area contributed by atoms with Crippen molar-refractivity contribution in [3.63, 3.8) is 0 Å². The lowest BCUT2D eigenvalue weighted by molar-refractivity contribution is 0.0579. The first-order chi connectivity index (χ1) is 13.9. The van der Waals surface area contributed by atoms with Gasteiger partial charge >= 0.3 is 6.09 Å². The van der Waals surface area contributed by atoms with E-state index in [-0.39, 0.29) is 12.1 Å². The van der Waals surface area contributed by atoms with E-state index in [9.17, 15) is 4.79 Å².